The number of rotatable bonds is 6. The second kappa shape index (κ2) is 9.98. The maximum Gasteiger partial charge on any atom is 0.315 e. The Morgan fingerprint density at radius 1 is 0.848 bits per heavy atom. The fraction of sp³-hybridized carbons (Fsp3) is 0.320. The summed E-state index contributed by atoms with van der Waals surface area (Å²) >= 11 is 12.1. The predicted molar refractivity (Wildman–Crippen MR) is 134 cm³/mol. The number of carbonyl (C=O) groups is 1. The molecule has 0 aliphatic heterocycles. The van der Waals surface area contributed by atoms with Crippen molar-refractivity contribution in [3.05, 3.63) is 64.8 Å². The van der Waals surface area contributed by atoms with Crippen LogP contribution in [0.15, 0.2) is 54.7 Å². The van der Waals surface area contributed by atoms with E-state index in [4.69, 9.17) is 32.9 Å². The third-order valence-corrected chi connectivity index (χ3v) is 5.01. The molecule has 0 fully saturated rings. The Labute approximate surface area is 204 Å². The number of amides is 2. The monoisotopic (exact) mass is 486 g/mol. The highest BCUT2D eigenvalue weighted by Crippen LogP contribution is 2.31. The van der Waals surface area contributed by atoms with E-state index in [9.17, 15) is 4.79 Å². The molecule has 0 radical (unpaired) electrons. The van der Waals surface area contributed by atoms with Gasteiger partial charge in [0, 0.05) is 26.7 Å². The minimum Gasteiger partial charge on any atom is -0.474 e. The van der Waals surface area contributed by atoms with E-state index in [1.54, 1.807) is 18.3 Å². The Hall–Kier alpha value is -2.83. The smallest absolute Gasteiger partial charge is 0.315 e. The molecule has 2 aromatic carbocycles. The van der Waals surface area contributed by atoms with Gasteiger partial charge in [0.1, 0.15) is 12.3 Å². The largest absolute Gasteiger partial charge is 0.474 e. The van der Waals surface area contributed by atoms with Crippen LogP contribution in [-0.2, 0) is 0 Å². The first-order chi connectivity index (χ1) is 15.4. The van der Waals surface area contributed by atoms with Gasteiger partial charge >= 0.3 is 6.03 Å². The molecule has 2 N–H and O–H groups in total. The fourth-order valence-electron chi connectivity index (χ4n) is 3.04. The number of ether oxygens (including phenoxy) is 1. The summed E-state index contributed by atoms with van der Waals surface area (Å²) in [5, 5.41) is 7.09. The Morgan fingerprint density at radius 2 is 1.36 bits per heavy atom. The van der Waals surface area contributed by atoms with Gasteiger partial charge in [0.15, 0.2) is 0 Å². The van der Waals surface area contributed by atoms with E-state index in [-0.39, 0.29) is 18.2 Å². The maximum absolute atomic E-state index is 12.3. The van der Waals surface area contributed by atoms with E-state index >= 15 is 0 Å². The van der Waals surface area contributed by atoms with Crippen LogP contribution in [0.2, 0.25) is 10.0 Å². The molecule has 33 heavy (non-hydrogen) atoms. The zero-order chi connectivity index (χ0) is 24.2. The van der Waals surface area contributed by atoms with E-state index < -0.39 is 5.54 Å². The lowest BCUT2D eigenvalue weighted by Gasteiger charge is -2.29. The zero-order valence-corrected chi connectivity index (χ0v) is 20.9. The summed E-state index contributed by atoms with van der Waals surface area (Å²) < 4.78 is 5.93. The van der Waals surface area contributed by atoms with Gasteiger partial charge in [0.25, 0.3) is 0 Å². The number of hydrogen-bond acceptors (Lipinski definition) is 4. The summed E-state index contributed by atoms with van der Waals surface area (Å²) in [5.41, 5.74) is 2.11. The van der Waals surface area contributed by atoms with Crippen LogP contribution in [0.5, 0.6) is 5.88 Å². The average Bonchev–Trinajstić information content (AvgIpc) is 2.72. The second-order valence-corrected chi connectivity index (χ2v) is 10.3. The van der Waals surface area contributed by atoms with Gasteiger partial charge in [-0.05, 0) is 58.9 Å². The van der Waals surface area contributed by atoms with Crippen molar-refractivity contribution in [1.29, 1.82) is 0 Å². The van der Waals surface area contributed by atoms with E-state index in [1.165, 1.54) is 0 Å². The molecule has 0 saturated heterocycles. The van der Waals surface area contributed by atoms with Crippen molar-refractivity contribution in [1.82, 2.24) is 20.6 Å². The highest BCUT2D eigenvalue weighted by Gasteiger charge is 2.24. The van der Waals surface area contributed by atoms with Gasteiger partial charge in [-0.25, -0.2) is 14.8 Å². The van der Waals surface area contributed by atoms with Crippen molar-refractivity contribution in [3.8, 4) is 28.4 Å². The van der Waals surface area contributed by atoms with Gasteiger partial charge in [-0.2, -0.15) is 0 Å². The maximum atomic E-state index is 12.3. The number of carbonyl (C=O) groups excluding carboxylic acids is 1. The first-order valence-corrected chi connectivity index (χ1v) is 11.3. The van der Waals surface area contributed by atoms with Gasteiger partial charge in [0.2, 0.25) is 5.88 Å². The molecule has 0 aliphatic carbocycles. The SMILES string of the molecule is CC(C)(C)NC(=O)NC(C)(C)COc1cnc(-c2ccc(Cl)cc2)c(-c2ccc(Cl)cc2)n1. The molecule has 1 aromatic heterocycles. The number of nitrogens with one attached hydrogen (secondary N) is 2. The van der Waals surface area contributed by atoms with Crippen LogP contribution in [0, 0.1) is 0 Å². The molecular formula is C25H28Cl2N4O2. The van der Waals surface area contributed by atoms with Gasteiger partial charge < -0.3 is 15.4 Å². The minimum absolute atomic E-state index is 0.208. The molecular weight excluding hydrogens is 459 g/mol. The van der Waals surface area contributed by atoms with Crippen LogP contribution in [0.25, 0.3) is 22.5 Å². The molecule has 174 valence electrons. The number of hydrogen-bond donors (Lipinski definition) is 2. The summed E-state index contributed by atoms with van der Waals surface area (Å²) in [7, 11) is 0. The van der Waals surface area contributed by atoms with Crippen LogP contribution in [-0.4, -0.2) is 33.7 Å². The number of halogens is 2. The summed E-state index contributed by atoms with van der Waals surface area (Å²) in [6.07, 6.45) is 1.58. The highest BCUT2D eigenvalue weighted by molar-refractivity contribution is 6.31. The lowest BCUT2D eigenvalue weighted by Crippen LogP contribution is -2.55. The molecule has 0 unspecified atom stereocenters. The molecule has 0 spiro atoms. The number of benzene rings is 2. The second-order valence-electron chi connectivity index (χ2n) is 9.42. The molecule has 8 heteroatoms. The number of aromatic nitrogens is 2. The van der Waals surface area contributed by atoms with Crippen LogP contribution in [0.1, 0.15) is 34.6 Å². The average molecular weight is 487 g/mol. The summed E-state index contributed by atoms with van der Waals surface area (Å²) in [6.45, 7) is 9.74. The van der Waals surface area contributed by atoms with Crippen molar-refractivity contribution in [2.45, 2.75) is 45.7 Å². The molecule has 2 amide bonds. The lowest BCUT2D eigenvalue weighted by atomic mass is 10.0. The highest BCUT2D eigenvalue weighted by atomic mass is 35.5. The van der Waals surface area contributed by atoms with Crippen LogP contribution < -0.4 is 15.4 Å². The fourth-order valence-corrected chi connectivity index (χ4v) is 3.29. The van der Waals surface area contributed by atoms with E-state index in [2.05, 4.69) is 15.6 Å². The molecule has 0 bridgehead atoms. The normalized spacial score (nSPS) is 11.7. The van der Waals surface area contributed by atoms with Gasteiger partial charge in [0.05, 0.1) is 17.4 Å². The zero-order valence-electron chi connectivity index (χ0n) is 19.4. The predicted octanol–water partition coefficient (Wildman–Crippen LogP) is 6.37. The van der Waals surface area contributed by atoms with Crippen molar-refractivity contribution >= 4 is 29.2 Å². The minimum atomic E-state index is -0.633. The van der Waals surface area contributed by atoms with Crippen molar-refractivity contribution in [3.63, 3.8) is 0 Å². The molecule has 3 aromatic rings. The number of urea groups is 1. The molecule has 0 aliphatic rings. The van der Waals surface area contributed by atoms with Crippen LogP contribution >= 0.6 is 23.2 Å². The number of nitrogens with zero attached hydrogens (tertiary/aromatic N) is 2. The molecule has 0 atom stereocenters. The Kier molecular flexibility index (Phi) is 7.50. The third kappa shape index (κ3) is 7.34. The first-order valence-electron chi connectivity index (χ1n) is 10.5. The lowest BCUT2D eigenvalue weighted by molar-refractivity contribution is 0.186. The van der Waals surface area contributed by atoms with Crippen molar-refractivity contribution in [2.24, 2.45) is 0 Å². The van der Waals surface area contributed by atoms with Crippen LogP contribution in [0.3, 0.4) is 0 Å². The van der Waals surface area contributed by atoms with Crippen molar-refractivity contribution < 1.29 is 9.53 Å². The standard InChI is InChI=1S/C25H28Cl2N4O2/c1-24(2,3)30-23(32)31-25(4,5)15-33-20-14-28-21(16-6-10-18(26)11-7-16)22(29-20)17-8-12-19(27)13-9-17/h6-14H,15H2,1-5H3,(H2,30,31,32). The van der Waals surface area contributed by atoms with Crippen molar-refractivity contribution in [2.75, 3.05) is 6.61 Å². The van der Waals surface area contributed by atoms with Gasteiger partial charge in [-0.3, -0.25) is 0 Å². The van der Waals surface area contributed by atoms with Gasteiger partial charge in [-0.15, -0.1) is 0 Å². The van der Waals surface area contributed by atoms with E-state index in [0.29, 0.717) is 27.3 Å². The Balaban J connectivity index is 1.85. The molecule has 3 rings (SSSR count). The first kappa shape index (κ1) is 24.8. The third-order valence-electron chi connectivity index (χ3n) is 4.51. The summed E-state index contributed by atoms with van der Waals surface area (Å²) in [5.74, 6) is 0.351. The summed E-state index contributed by atoms with van der Waals surface area (Å²) in [6, 6.07) is 14.5. The Morgan fingerprint density at radius 3 is 1.88 bits per heavy atom. The molecule has 1 heterocycles. The molecule has 0 saturated carbocycles. The quantitative estimate of drug-likeness (QED) is 0.424. The summed E-state index contributed by atoms with van der Waals surface area (Å²) in [4.78, 5) is 21.6. The van der Waals surface area contributed by atoms with E-state index in [1.807, 2.05) is 71.0 Å². The molecule has 6 nitrogen and oxygen atoms in total. The Bertz CT molecular complexity index is 1110. The van der Waals surface area contributed by atoms with Gasteiger partial charge in [-0.1, -0.05) is 47.5 Å². The van der Waals surface area contributed by atoms with E-state index in [0.717, 1.165) is 11.1 Å². The topological polar surface area (TPSA) is 76.1 Å². The van der Waals surface area contributed by atoms with Crippen LogP contribution in [0.4, 0.5) is 4.79 Å².